The molecule has 4 nitrogen and oxygen atoms in total. The van der Waals surface area contributed by atoms with E-state index in [9.17, 15) is 10.1 Å². The Labute approximate surface area is 100 Å². The van der Waals surface area contributed by atoms with Crippen LogP contribution in [0.1, 0.15) is 26.3 Å². The number of aromatic nitrogens is 1. The molecule has 0 amide bonds. The van der Waals surface area contributed by atoms with Gasteiger partial charge in [0.1, 0.15) is 0 Å². The van der Waals surface area contributed by atoms with Gasteiger partial charge in [-0.25, -0.2) is 0 Å². The molecule has 1 aromatic heterocycles. The van der Waals surface area contributed by atoms with Crippen LogP contribution in [0.15, 0.2) is 30.5 Å². The molecular formula is C13H16N2O2. The molecule has 0 bridgehead atoms. The number of nitro benzene ring substituents is 1. The Kier molecular flexibility index (Phi) is 4.57. The molecular weight excluding hydrogens is 216 g/mol. The molecule has 0 radical (unpaired) electrons. The highest BCUT2D eigenvalue weighted by molar-refractivity contribution is 5.85. The Bertz CT molecular complexity index is 524. The second kappa shape index (κ2) is 5.94. The van der Waals surface area contributed by atoms with Gasteiger partial charge in [0.25, 0.3) is 5.69 Å². The summed E-state index contributed by atoms with van der Waals surface area (Å²) in [6.07, 6.45) is 2.33. The van der Waals surface area contributed by atoms with Crippen molar-refractivity contribution in [2.24, 2.45) is 0 Å². The number of benzene rings is 1. The van der Waals surface area contributed by atoms with Crippen LogP contribution in [0.5, 0.6) is 0 Å². The van der Waals surface area contributed by atoms with E-state index in [1.165, 1.54) is 6.07 Å². The van der Waals surface area contributed by atoms with E-state index in [-0.39, 0.29) is 10.6 Å². The van der Waals surface area contributed by atoms with E-state index in [2.05, 4.69) is 4.98 Å². The van der Waals surface area contributed by atoms with Crippen LogP contribution in [0, 0.1) is 10.1 Å². The Hall–Kier alpha value is -1.97. The van der Waals surface area contributed by atoms with Gasteiger partial charge in [0.2, 0.25) is 0 Å². The topological polar surface area (TPSA) is 56.0 Å². The Balaban J connectivity index is 0.000000686. The second-order valence-corrected chi connectivity index (χ2v) is 3.24. The lowest BCUT2D eigenvalue weighted by molar-refractivity contribution is -0.385. The van der Waals surface area contributed by atoms with Crippen LogP contribution in [-0.4, -0.2) is 9.91 Å². The minimum Gasteiger partial charge on any atom is -0.258 e. The lowest BCUT2D eigenvalue weighted by Crippen LogP contribution is -1.95. The van der Waals surface area contributed by atoms with Gasteiger partial charge in [0, 0.05) is 23.2 Å². The first kappa shape index (κ1) is 13.1. The predicted octanol–water partition coefficient (Wildman–Crippen LogP) is 3.73. The summed E-state index contributed by atoms with van der Waals surface area (Å²) in [4.78, 5) is 14.6. The van der Waals surface area contributed by atoms with Crippen molar-refractivity contribution >= 4 is 16.6 Å². The zero-order valence-corrected chi connectivity index (χ0v) is 10.3. The van der Waals surface area contributed by atoms with Crippen LogP contribution in [0.25, 0.3) is 10.9 Å². The largest absolute Gasteiger partial charge is 0.273 e. The number of aryl methyl sites for hydroxylation is 1. The van der Waals surface area contributed by atoms with Crippen molar-refractivity contribution in [3.8, 4) is 0 Å². The van der Waals surface area contributed by atoms with Gasteiger partial charge in [-0.05, 0) is 18.6 Å². The summed E-state index contributed by atoms with van der Waals surface area (Å²) in [6, 6.07) is 6.88. The van der Waals surface area contributed by atoms with Crippen molar-refractivity contribution in [3.05, 3.63) is 46.1 Å². The molecule has 2 aromatic rings. The van der Waals surface area contributed by atoms with Crippen molar-refractivity contribution in [1.82, 2.24) is 4.98 Å². The maximum absolute atomic E-state index is 10.8. The fraction of sp³-hybridized carbons (Fsp3) is 0.308. The molecule has 0 aliphatic heterocycles. The third-order valence-corrected chi connectivity index (χ3v) is 2.42. The van der Waals surface area contributed by atoms with Crippen molar-refractivity contribution in [3.63, 3.8) is 0 Å². The van der Waals surface area contributed by atoms with E-state index in [1.54, 1.807) is 18.3 Å². The van der Waals surface area contributed by atoms with Crippen molar-refractivity contribution in [1.29, 1.82) is 0 Å². The average molecular weight is 232 g/mol. The van der Waals surface area contributed by atoms with E-state index in [1.807, 2.05) is 26.8 Å². The van der Waals surface area contributed by atoms with Gasteiger partial charge in [-0.2, -0.15) is 0 Å². The maximum Gasteiger partial charge on any atom is 0.273 e. The molecule has 4 heteroatoms. The summed E-state index contributed by atoms with van der Waals surface area (Å²) >= 11 is 0. The summed E-state index contributed by atoms with van der Waals surface area (Å²) in [6.45, 7) is 5.91. The Morgan fingerprint density at radius 1 is 1.29 bits per heavy atom. The van der Waals surface area contributed by atoms with Gasteiger partial charge in [-0.1, -0.05) is 26.8 Å². The van der Waals surface area contributed by atoms with Crippen LogP contribution in [0.2, 0.25) is 0 Å². The number of hydrogen-bond acceptors (Lipinski definition) is 3. The van der Waals surface area contributed by atoms with E-state index < -0.39 is 0 Å². The molecule has 90 valence electrons. The third kappa shape index (κ3) is 2.58. The van der Waals surface area contributed by atoms with E-state index in [0.29, 0.717) is 6.42 Å². The van der Waals surface area contributed by atoms with Gasteiger partial charge in [0.15, 0.2) is 0 Å². The molecule has 1 heterocycles. The van der Waals surface area contributed by atoms with Gasteiger partial charge in [-0.3, -0.25) is 15.1 Å². The summed E-state index contributed by atoms with van der Waals surface area (Å²) in [5.41, 5.74) is 1.74. The first-order chi connectivity index (χ1) is 8.24. The lowest BCUT2D eigenvalue weighted by atomic mass is 10.0. The molecule has 1 aromatic carbocycles. The molecule has 0 saturated heterocycles. The minimum absolute atomic E-state index is 0.179. The summed E-state index contributed by atoms with van der Waals surface area (Å²) in [7, 11) is 0. The fourth-order valence-corrected chi connectivity index (χ4v) is 1.74. The van der Waals surface area contributed by atoms with Crippen molar-refractivity contribution in [2.45, 2.75) is 27.2 Å². The first-order valence-corrected chi connectivity index (χ1v) is 5.75. The molecule has 0 saturated carbocycles. The fourth-order valence-electron chi connectivity index (χ4n) is 1.74. The van der Waals surface area contributed by atoms with Gasteiger partial charge in [0.05, 0.1) is 10.4 Å². The Morgan fingerprint density at radius 3 is 2.59 bits per heavy atom. The zero-order valence-electron chi connectivity index (χ0n) is 10.3. The zero-order chi connectivity index (χ0) is 12.8. The van der Waals surface area contributed by atoms with Crippen LogP contribution in [0.4, 0.5) is 5.69 Å². The number of fused-ring (bicyclic) bond motifs is 1. The third-order valence-electron chi connectivity index (χ3n) is 2.42. The normalized spacial score (nSPS) is 9.59. The molecule has 17 heavy (non-hydrogen) atoms. The van der Waals surface area contributed by atoms with E-state index in [4.69, 9.17) is 0 Å². The first-order valence-electron chi connectivity index (χ1n) is 5.75. The number of nitro groups is 1. The van der Waals surface area contributed by atoms with Crippen LogP contribution >= 0.6 is 0 Å². The van der Waals surface area contributed by atoms with Gasteiger partial charge < -0.3 is 0 Å². The highest BCUT2D eigenvalue weighted by atomic mass is 16.6. The summed E-state index contributed by atoms with van der Waals surface area (Å²) < 4.78 is 0. The van der Waals surface area contributed by atoms with Crippen molar-refractivity contribution in [2.75, 3.05) is 0 Å². The SMILES string of the molecule is CC.CCc1c([N+](=O)[O-])ccc2ncccc12. The molecule has 0 aliphatic carbocycles. The lowest BCUT2D eigenvalue weighted by Gasteiger charge is -2.03. The monoisotopic (exact) mass is 232 g/mol. The molecule has 0 unspecified atom stereocenters. The van der Waals surface area contributed by atoms with Crippen LogP contribution in [-0.2, 0) is 6.42 Å². The summed E-state index contributed by atoms with van der Waals surface area (Å²) in [5, 5.41) is 11.7. The number of rotatable bonds is 2. The second-order valence-electron chi connectivity index (χ2n) is 3.24. The average Bonchev–Trinajstić information content (AvgIpc) is 2.39. The highest BCUT2D eigenvalue weighted by Crippen LogP contribution is 2.26. The van der Waals surface area contributed by atoms with E-state index in [0.717, 1.165) is 16.5 Å². The molecule has 0 spiro atoms. The molecule has 0 fully saturated rings. The van der Waals surface area contributed by atoms with Gasteiger partial charge >= 0.3 is 0 Å². The van der Waals surface area contributed by atoms with E-state index >= 15 is 0 Å². The molecule has 0 atom stereocenters. The van der Waals surface area contributed by atoms with Crippen LogP contribution in [0.3, 0.4) is 0 Å². The summed E-state index contributed by atoms with van der Waals surface area (Å²) in [5.74, 6) is 0. The number of nitrogens with zero attached hydrogens (tertiary/aromatic N) is 2. The minimum atomic E-state index is -0.342. The maximum atomic E-state index is 10.8. The standard InChI is InChI=1S/C11H10N2O2.C2H6/c1-2-8-9-4-3-7-12-10(9)5-6-11(8)13(14)15;1-2/h3-7H,2H2,1H3;1-2H3. The molecule has 0 aliphatic rings. The number of hydrogen-bond donors (Lipinski definition) is 0. The quantitative estimate of drug-likeness (QED) is 0.585. The van der Waals surface area contributed by atoms with Gasteiger partial charge in [-0.15, -0.1) is 0 Å². The smallest absolute Gasteiger partial charge is 0.258 e. The van der Waals surface area contributed by atoms with Crippen molar-refractivity contribution < 1.29 is 4.92 Å². The predicted molar refractivity (Wildman–Crippen MR) is 69.1 cm³/mol. The molecule has 0 N–H and O–H groups in total. The number of pyridine rings is 1. The Morgan fingerprint density at radius 2 is 2.00 bits per heavy atom. The van der Waals surface area contributed by atoms with Crippen LogP contribution < -0.4 is 0 Å². The molecule has 2 rings (SSSR count). The highest BCUT2D eigenvalue weighted by Gasteiger charge is 2.14.